The predicted octanol–water partition coefficient (Wildman–Crippen LogP) is 3.77. The number of hydrogen-bond acceptors (Lipinski definition) is 5. The smallest absolute Gasteiger partial charge is 0.145 e. The van der Waals surface area contributed by atoms with Gasteiger partial charge in [-0.05, 0) is 24.6 Å². The van der Waals surface area contributed by atoms with Crippen molar-refractivity contribution in [3.63, 3.8) is 0 Å². The highest BCUT2D eigenvalue weighted by Crippen LogP contribution is 2.26. The van der Waals surface area contributed by atoms with Crippen LogP contribution in [0.2, 0.25) is 5.02 Å². The highest BCUT2D eigenvalue weighted by molar-refractivity contribution is 6.30. The Hall–Kier alpha value is -1.85. The minimum Gasteiger partial charge on any atom is -0.340 e. The number of hydrazine groups is 1. The number of anilines is 3. The number of aryl methyl sites for hydroxylation is 1. The fraction of sp³-hybridized carbons (Fsp3) is 0.333. The summed E-state index contributed by atoms with van der Waals surface area (Å²) >= 11 is 6.04. The monoisotopic (exact) mass is 305 g/mol. The number of hydrogen-bond donors (Lipinski definition) is 3. The molecule has 0 fully saturated rings. The Labute approximate surface area is 129 Å². The summed E-state index contributed by atoms with van der Waals surface area (Å²) in [5.41, 5.74) is 4.39. The van der Waals surface area contributed by atoms with Crippen LogP contribution in [-0.2, 0) is 5.41 Å². The lowest BCUT2D eigenvalue weighted by Gasteiger charge is -2.19. The van der Waals surface area contributed by atoms with E-state index >= 15 is 0 Å². The van der Waals surface area contributed by atoms with E-state index in [0.717, 1.165) is 11.3 Å². The third kappa shape index (κ3) is 3.83. The van der Waals surface area contributed by atoms with Crippen molar-refractivity contribution >= 4 is 28.9 Å². The number of aromatic nitrogens is 2. The van der Waals surface area contributed by atoms with Gasteiger partial charge in [0.05, 0.1) is 0 Å². The molecule has 0 aliphatic heterocycles. The van der Waals surface area contributed by atoms with Crippen LogP contribution in [0.4, 0.5) is 17.3 Å². The number of rotatable bonds is 3. The van der Waals surface area contributed by atoms with E-state index in [1.165, 1.54) is 0 Å². The highest BCUT2D eigenvalue weighted by Gasteiger charge is 2.19. The van der Waals surface area contributed by atoms with Gasteiger partial charge in [-0.3, -0.25) is 0 Å². The van der Waals surface area contributed by atoms with Crippen molar-refractivity contribution < 1.29 is 0 Å². The van der Waals surface area contributed by atoms with Crippen LogP contribution in [0.3, 0.4) is 0 Å². The number of nitrogen functional groups attached to an aromatic ring is 1. The second kappa shape index (κ2) is 5.87. The standard InChI is InChI=1S/C15H20ClN5/c1-9-5-6-10(16)7-11(9)18-12-8-13(21-17)20-14(19-12)15(2,3)4/h5-8H,17H2,1-4H3,(H2,18,19,20,21). The molecule has 1 aromatic carbocycles. The number of halogens is 1. The SMILES string of the molecule is Cc1ccc(Cl)cc1Nc1cc(NN)nc(C(C)(C)C)n1. The summed E-state index contributed by atoms with van der Waals surface area (Å²) in [4.78, 5) is 8.95. The average Bonchev–Trinajstić information content (AvgIpc) is 2.41. The topological polar surface area (TPSA) is 75.9 Å². The molecule has 2 rings (SSSR count). The average molecular weight is 306 g/mol. The lowest BCUT2D eigenvalue weighted by molar-refractivity contribution is 0.547. The largest absolute Gasteiger partial charge is 0.340 e. The van der Waals surface area contributed by atoms with Crippen LogP contribution in [0, 0.1) is 6.92 Å². The molecule has 5 nitrogen and oxygen atoms in total. The Morgan fingerprint density at radius 3 is 2.38 bits per heavy atom. The molecule has 0 atom stereocenters. The van der Waals surface area contributed by atoms with Gasteiger partial charge in [-0.15, -0.1) is 0 Å². The third-order valence-electron chi connectivity index (χ3n) is 3.01. The molecule has 0 unspecified atom stereocenters. The van der Waals surface area contributed by atoms with E-state index in [4.69, 9.17) is 17.4 Å². The molecule has 0 saturated heterocycles. The molecule has 1 aromatic heterocycles. The maximum atomic E-state index is 6.04. The molecule has 0 amide bonds. The van der Waals surface area contributed by atoms with Gasteiger partial charge >= 0.3 is 0 Å². The molecule has 6 heteroatoms. The van der Waals surface area contributed by atoms with Crippen LogP contribution in [0.5, 0.6) is 0 Å². The molecule has 112 valence electrons. The quantitative estimate of drug-likeness (QED) is 0.594. The lowest BCUT2D eigenvalue weighted by Crippen LogP contribution is -2.19. The van der Waals surface area contributed by atoms with E-state index in [2.05, 4.69) is 41.5 Å². The van der Waals surface area contributed by atoms with Gasteiger partial charge in [-0.1, -0.05) is 38.4 Å². The molecule has 0 aliphatic carbocycles. The van der Waals surface area contributed by atoms with Crippen molar-refractivity contribution in [1.29, 1.82) is 0 Å². The van der Waals surface area contributed by atoms with Crippen LogP contribution >= 0.6 is 11.6 Å². The van der Waals surface area contributed by atoms with Gasteiger partial charge in [-0.25, -0.2) is 15.8 Å². The van der Waals surface area contributed by atoms with Gasteiger partial charge in [0, 0.05) is 22.2 Å². The highest BCUT2D eigenvalue weighted by atomic mass is 35.5. The molecule has 0 bridgehead atoms. The Morgan fingerprint density at radius 2 is 1.76 bits per heavy atom. The molecule has 2 aromatic rings. The van der Waals surface area contributed by atoms with Crippen LogP contribution in [-0.4, -0.2) is 9.97 Å². The zero-order valence-corrected chi connectivity index (χ0v) is 13.4. The summed E-state index contributed by atoms with van der Waals surface area (Å²) in [7, 11) is 0. The van der Waals surface area contributed by atoms with Crippen LogP contribution in [0.15, 0.2) is 24.3 Å². The minimum atomic E-state index is -0.174. The first-order chi connectivity index (χ1) is 9.79. The summed E-state index contributed by atoms with van der Waals surface area (Å²) in [5, 5.41) is 3.94. The van der Waals surface area contributed by atoms with Crippen molar-refractivity contribution in [2.75, 3.05) is 10.7 Å². The number of benzene rings is 1. The Kier molecular flexibility index (Phi) is 4.34. The van der Waals surface area contributed by atoms with Crippen LogP contribution in [0.1, 0.15) is 32.2 Å². The normalized spacial score (nSPS) is 11.3. The molecule has 0 spiro atoms. The van der Waals surface area contributed by atoms with E-state index in [1.54, 1.807) is 6.07 Å². The molecule has 4 N–H and O–H groups in total. The number of nitrogens with one attached hydrogen (secondary N) is 2. The van der Waals surface area contributed by atoms with Crippen LogP contribution in [0.25, 0.3) is 0 Å². The first-order valence-electron chi connectivity index (χ1n) is 6.69. The Balaban J connectivity index is 2.42. The molecule has 21 heavy (non-hydrogen) atoms. The summed E-state index contributed by atoms with van der Waals surface area (Å²) in [5.74, 6) is 7.44. The summed E-state index contributed by atoms with van der Waals surface area (Å²) in [6.07, 6.45) is 0. The van der Waals surface area contributed by atoms with E-state index in [0.29, 0.717) is 22.5 Å². The van der Waals surface area contributed by atoms with Crippen LogP contribution < -0.4 is 16.6 Å². The maximum Gasteiger partial charge on any atom is 0.145 e. The minimum absolute atomic E-state index is 0.174. The van der Waals surface area contributed by atoms with Crippen molar-refractivity contribution in [1.82, 2.24) is 9.97 Å². The number of nitrogens with zero attached hydrogens (tertiary/aromatic N) is 2. The summed E-state index contributed by atoms with van der Waals surface area (Å²) in [6, 6.07) is 7.44. The van der Waals surface area contributed by atoms with Gasteiger partial charge in [-0.2, -0.15) is 0 Å². The van der Waals surface area contributed by atoms with E-state index in [9.17, 15) is 0 Å². The molecule has 1 heterocycles. The first kappa shape index (κ1) is 15.5. The molecule has 0 radical (unpaired) electrons. The van der Waals surface area contributed by atoms with E-state index < -0.39 is 0 Å². The molecule has 0 aliphatic rings. The van der Waals surface area contributed by atoms with Gasteiger partial charge in [0.1, 0.15) is 17.5 Å². The van der Waals surface area contributed by atoms with Crippen molar-refractivity contribution in [3.8, 4) is 0 Å². The zero-order valence-electron chi connectivity index (χ0n) is 12.7. The predicted molar refractivity (Wildman–Crippen MR) is 88.0 cm³/mol. The summed E-state index contributed by atoms with van der Waals surface area (Å²) < 4.78 is 0. The Bertz CT molecular complexity index is 649. The summed E-state index contributed by atoms with van der Waals surface area (Å²) in [6.45, 7) is 8.16. The van der Waals surface area contributed by atoms with Crippen molar-refractivity contribution in [2.24, 2.45) is 5.84 Å². The lowest BCUT2D eigenvalue weighted by atomic mass is 9.96. The van der Waals surface area contributed by atoms with E-state index in [-0.39, 0.29) is 5.41 Å². The maximum absolute atomic E-state index is 6.04. The fourth-order valence-electron chi connectivity index (χ4n) is 1.79. The molecular weight excluding hydrogens is 286 g/mol. The van der Waals surface area contributed by atoms with E-state index in [1.807, 2.05) is 25.1 Å². The fourth-order valence-corrected chi connectivity index (χ4v) is 1.96. The van der Waals surface area contributed by atoms with Gasteiger partial charge in [0.2, 0.25) is 0 Å². The zero-order chi connectivity index (χ0) is 15.6. The van der Waals surface area contributed by atoms with Crippen molar-refractivity contribution in [3.05, 3.63) is 40.7 Å². The van der Waals surface area contributed by atoms with Gasteiger partial charge in [0.15, 0.2) is 0 Å². The molecular formula is C15H20ClN5. The Morgan fingerprint density at radius 1 is 1.10 bits per heavy atom. The number of nitrogens with two attached hydrogens (primary N) is 1. The third-order valence-corrected chi connectivity index (χ3v) is 3.24. The van der Waals surface area contributed by atoms with Gasteiger partial charge < -0.3 is 10.7 Å². The van der Waals surface area contributed by atoms with Crippen molar-refractivity contribution in [2.45, 2.75) is 33.1 Å². The second-order valence-electron chi connectivity index (χ2n) is 5.94. The first-order valence-corrected chi connectivity index (χ1v) is 7.07. The second-order valence-corrected chi connectivity index (χ2v) is 6.38. The molecule has 0 saturated carbocycles. The van der Waals surface area contributed by atoms with Gasteiger partial charge in [0.25, 0.3) is 0 Å².